The molecule has 0 saturated heterocycles. The lowest BCUT2D eigenvalue weighted by molar-refractivity contribution is 0.249. The van der Waals surface area contributed by atoms with Gasteiger partial charge < -0.3 is 15.4 Å². The first kappa shape index (κ1) is 14.4. The Morgan fingerprint density at radius 1 is 1.45 bits per heavy atom. The van der Waals surface area contributed by atoms with E-state index in [4.69, 9.17) is 4.74 Å². The molecule has 1 aromatic heterocycles. The van der Waals surface area contributed by atoms with Crippen LogP contribution >= 0.6 is 0 Å². The van der Waals surface area contributed by atoms with Gasteiger partial charge in [0.1, 0.15) is 5.69 Å². The standard InChI is InChI=1S/C14H22N4O2/c1-18-10-12(13(17-18)20-2)16-14(19)15-9-11-7-5-3-4-6-8-11/h3-4,10-11H,5-9H2,1-2H3,(H2,15,16,19). The fourth-order valence-electron chi connectivity index (χ4n) is 2.36. The highest BCUT2D eigenvalue weighted by molar-refractivity contribution is 5.90. The zero-order chi connectivity index (χ0) is 14.4. The second-order valence-electron chi connectivity index (χ2n) is 5.05. The first-order valence-electron chi connectivity index (χ1n) is 6.96. The number of amides is 2. The number of methoxy groups -OCH3 is 1. The summed E-state index contributed by atoms with van der Waals surface area (Å²) < 4.78 is 6.70. The number of allylic oxidation sites excluding steroid dienone is 2. The normalized spacial score (nSPS) is 15.7. The van der Waals surface area contributed by atoms with E-state index in [0.717, 1.165) is 25.7 Å². The third-order valence-electron chi connectivity index (χ3n) is 3.44. The summed E-state index contributed by atoms with van der Waals surface area (Å²) in [6, 6.07) is -0.214. The van der Waals surface area contributed by atoms with Crippen LogP contribution in [0.5, 0.6) is 5.88 Å². The molecule has 0 radical (unpaired) electrons. The van der Waals surface area contributed by atoms with Crippen LogP contribution < -0.4 is 15.4 Å². The molecule has 0 fully saturated rings. The molecule has 0 spiro atoms. The van der Waals surface area contributed by atoms with Gasteiger partial charge in [-0.25, -0.2) is 4.79 Å². The minimum Gasteiger partial charge on any atom is -0.478 e. The van der Waals surface area contributed by atoms with Crippen LogP contribution in [0.4, 0.5) is 10.5 Å². The summed E-state index contributed by atoms with van der Waals surface area (Å²) >= 11 is 0. The predicted molar refractivity (Wildman–Crippen MR) is 77.9 cm³/mol. The van der Waals surface area contributed by atoms with Crippen LogP contribution in [0.15, 0.2) is 18.3 Å². The van der Waals surface area contributed by atoms with Crippen molar-refractivity contribution in [2.45, 2.75) is 25.7 Å². The second kappa shape index (κ2) is 6.98. The number of ether oxygens (including phenoxy) is 1. The van der Waals surface area contributed by atoms with Gasteiger partial charge in [-0.05, 0) is 31.6 Å². The van der Waals surface area contributed by atoms with Gasteiger partial charge in [-0.3, -0.25) is 4.68 Å². The van der Waals surface area contributed by atoms with E-state index in [1.165, 1.54) is 7.11 Å². The molecule has 1 aliphatic carbocycles. The maximum atomic E-state index is 11.9. The van der Waals surface area contributed by atoms with Gasteiger partial charge in [0, 0.05) is 13.6 Å². The molecule has 0 aromatic carbocycles. The highest BCUT2D eigenvalue weighted by atomic mass is 16.5. The molecule has 1 aliphatic rings. The molecule has 2 N–H and O–H groups in total. The van der Waals surface area contributed by atoms with Crippen LogP contribution in [0.2, 0.25) is 0 Å². The quantitative estimate of drug-likeness (QED) is 0.830. The highest BCUT2D eigenvalue weighted by Gasteiger charge is 2.14. The molecular weight excluding hydrogens is 256 g/mol. The van der Waals surface area contributed by atoms with Crippen molar-refractivity contribution in [1.29, 1.82) is 0 Å². The summed E-state index contributed by atoms with van der Waals surface area (Å²) in [5.41, 5.74) is 0.579. The minimum atomic E-state index is -0.214. The SMILES string of the molecule is COc1nn(C)cc1NC(=O)NCC1CCC=CCC1. The van der Waals surface area contributed by atoms with E-state index in [0.29, 0.717) is 24.0 Å². The van der Waals surface area contributed by atoms with E-state index in [2.05, 4.69) is 27.9 Å². The maximum absolute atomic E-state index is 11.9. The monoisotopic (exact) mass is 278 g/mol. The molecule has 1 heterocycles. The molecule has 0 aliphatic heterocycles. The van der Waals surface area contributed by atoms with Crippen LogP contribution in [-0.2, 0) is 7.05 Å². The van der Waals surface area contributed by atoms with Crippen LogP contribution in [0.1, 0.15) is 25.7 Å². The number of carbonyl (C=O) groups excluding carboxylic acids is 1. The van der Waals surface area contributed by atoms with Gasteiger partial charge in [-0.2, -0.15) is 0 Å². The van der Waals surface area contributed by atoms with Crippen LogP contribution in [-0.4, -0.2) is 29.5 Å². The predicted octanol–water partition coefficient (Wildman–Crippen LogP) is 2.30. The van der Waals surface area contributed by atoms with Crippen LogP contribution in [0.3, 0.4) is 0 Å². The Hall–Kier alpha value is -1.98. The van der Waals surface area contributed by atoms with Gasteiger partial charge in [-0.15, -0.1) is 5.10 Å². The first-order chi connectivity index (χ1) is 9.69. The van der Waals surface area contributed by atoms with Crippen molar-refractivity contribution in [1.82, 2.24) is 15.1 Å². The molecule has 2 amide bonds. The Labute approximate surface area is 119 Å². The Bertz CT molecular complexity index is 472. The molecule has 6 heteroatoms. The largest absolute Gasteiger partial charge is 0.478 e. The Balaban J connectivity index is 1.80. The third-order valence-corrected chi connectivity index (χ3v) is 3.44. The van der Waals surface area contributed by atoms with E-state index < -0.39 is 0 Å². The number of aryl methyl sites for hydroxylation is 1. The molecule has 0 unspecified atom stereocenters. The highest BCUT2D eigenvalue weighted by Crippen LogP contribution is 2.21. The van der Waals surface area contributed by atoms with E-state index in [1.807, 2.05) is 0 Å². The molecule has 1 aromatic rings. The molecule has 20 heavy (non-hydrogen) atoms. The molecule has 0 atom stereocenters. The van der Waals surface area contributed by atoms with Gasteiger partial charge in [-0.1, -0.05) is 12.2 Å². The number of aromatic nitrogens is 2. The maximum Gasteiger partial charge on any atom is 0.319 e. The summed E-state index contributed by atoms with van der Waals surface area (Å²) in [5, 5.41) is 9.77. The fourth-order valence-corrected chi connectivity index (χ4v) is 2.36. The molecular formula is C14H22N4O2. The van der Waals surface area contributed by atoms with Crippen molar-refractivity contribution in [2.75, 3.05) is 19.0 Å². The summed E-state index contributed by atoms with van der Waals surface area (Å²) in [5.74, 6) is 0.966. The average molecular weight is 278 g/mol. The lowest BCUT2D eigenvalue weighted by atomic mass is 10.0. The summed E-state index contributed by atoms with van der Waals surface area (Å²) in [4.78, 5) is 11.9. The lowest BCUT2D eigenvalue weighted by Crippen LogP contribution is -2.33. The number of nitrogens with one attached hydrogen (secondary N) is 2. The molecule has 2 rings (SSSR count). The van der Waals surface area contributed by atoms with Gasteiger partial charge in [0.25, 0.3) is 5.88 Å². The molecule has 0 saturated carbocycles. The third kappa shape index (κ3) is 4.01. The topological polar surface area (TPSA) is 68.2 Å². The van der Waals surface area contributed by atoms with Gasteiger partial charge in [0.15, 0.2) is 0 Å². The van der Waals surface area contributed by atoms with E-state index >= 15 is 0 Å². The van der Waals surface area contributed by atoms with E-state index in [9.17, 15) is 4.79 Å². The summed E-state index contributed by atoms with van der Waals surface area (Å²) in [6.45, 7) is 0.704. The Morgan fingerprint density at radius 2 is 2.15 bits per heavy atom. The minimum absolute atomic E-state index is 0.214. The van der Waals surface area contributed by atoms with Crippen molar-refractivity contribution in [3.05, 3.63) is 18.3 Å². The summed E-state index contributed by atoms with van der Waals surface area (Å²) in [6.07, 6.45) is 10.6. The van der Waals surface area contributed by atoms with E-state index in [1.54, 1.807) is 17.9 Å². The first-order valence-corrected chi connectivity index (χ1v) is 6.96. The number of rotatable bonds is 4. The van der Waals surface area contributed by atoms with Crippen molar-refractivity contribution in [3.63, 3.8) is 0 Å². The molecule has 6 nitrogen and oxygen atoms in total. The second-order valence-corrected chi connectivity index (χ2v) is 5.05. The number of hydrogen-bond donors (Lipinski definition) is 2. The number of nitrogens with zero attached hydrogens (tertiary/aromatic N) is 2. The van der Waals surface area contributed by atoms with Gasteiger partial charge >= 0.3 is 6.03 Å². The van der Waals surface area contributed by atoms with Crippen molar-refractivity contribution < 1.29 is 9.53 Å². The van der Waals surface area contributed by atoms with Gasteiger partial charge in [0.05, 0.1) is 13.3 Å². The van der Waals surface area contributed by atoms with Crippen LogP contribution in [0.25, 0.3) is 0 Å². The molecule has 110 valence electrons. The Kier molecular flexibility index (Phi) is 5.03. The van der Waals surface area contributed by atoms with Crippen molar-refractivity contribution in [2.24, 2.45) is 13.0 Å². The zero-order valence-corrected chi connectivity index (χ0v) is 12.1. The Morgan fingerprint density at radius 3 is 2.80 bits per heavy atom. The molecule has 0 bridgehead atoms. The number of anilines is 1. The van der Waals surface area contributed by atoms with Crippen molar-refractivity contribution >= 4 is 11.7 Å². The number of carbonyl (C=O) groups is 1. The van der Waals surface area contributed by atoms with Crippen LogP contribution in [0, 0.1) is 5.92 Å². The van der Waals surface area contributed by atoms with E-state index in [-0.39, 0.29) is 6.03 Å². The van der Waals surface area contributed by atoms with Gasteiger partial charge in [0.2, 0.25) is 0 Å². The lowest BCUT2D eigenvalue weighted by Gasteiger charge is -2.15. The summed E-state index contributed by atoms with van der Waals surface area (Å²) in [7, 11) is 3.31. The zero-order valence-electron chi connectivity index (χ0n) is 12.1. The smallest absolute Gasteiger partial charge is 0.319 e. The average Bonchev–Trinajstić information content (AvgIpc) is 2.65. The number of urea groups is 1. The fraction of sp³-hybridized carbons (Fsp3) is 0.571. The number of hydrogen-bond acceptors (Lipinski definition) is 3. The van der Waals surface area contributed by atoms with Crippen molar-refractivity contribution in [3.8, 4) is 5.88 Å².